The lowest BCUT2D eigenvalue weighted by atomic mass is 10.1. The van der Waals surface area contributed by atoms with Crippen molar-refractivity contribution >= 4 is 32.8 Å². The molecule has 16 heavy (non-hydrogen) atoms. The Morgan fingerprint density at radius 2 is 2.12 bits per heavy atom. The predicted molar refractivity (Wildman–Crippen MR) is 66.7 cm³/mol. The molecule has 1 aromatic heterocycles. The van der Waals surface area contributed by atoms with Gasteiger partial charge in [-0.3, -0.25) is 0 Å². The average Bonchev–Trinajstić information content (AvgIpc) is 2.54. The number of fused-ring (bicyclic) bond motifs is 1. The number of aromatic nitrogens is 1. The van der Waals surface area contributed by atoms with Crippen molar-refractivity contribution in [3.63, 3.8) is 0 Å². The summed E-state index contributed by atoms with van der Waals surface area (Å²) in [6.45, 7) is 1.93. The Labute approximate surface area is 102 Å². The number of hydrogen-bond donors (Lipinski definition) is 0. The van der Waals surface area contributed by atoms with Gasteiger partial charge in [0.15, 0.2) is 0 Å². The van der Waals surface area contributed by atoms with Crippen molar-refractivity contribution in [2.45, 2.75) is 6.92 Å². The van der Waals surface area contributed by atoms with Crippen LogP contribution in [0, 0.1) is 6.92 Å². The fourth-order valence-electron chi connectivity index (χ4n) is 1.98. The van der Waals surface area contributed by atoms with Gasteiger partial charge in [-0.2, -0.15) is 0 Å². The highest BCUT2D eigenvalue weighted by atomic mass is 79.9. The summed E-state index contributed by atoms with van der Waals surface area (Å²) in [5, 5.41) is 1.10. The molecule has 84 valence electrons. The zero-order chi connectivity index (χ0) is 11.9. The van der Waals surface area contributed by atoms with E-state index in [0.29, 0.717) is 5.56 Å². The standard InChI is InChI=1S/C12H12BrNO2/c1-7-8(12(15)16-3)4-5-9-10(13)6-14(2)11(7)9/h4-6H,1-3H3. The summed E-state index contributed by atoms with van der Waals surface area (Å²) in [4.78, 5) is 11.6. The lowest BCUT2D eigenvalue weighted by molar-refractivity contribution is 0.0600. The molecule has 0 fully saturated rings. The van der Waals surface area contributed by atoms with Crippen LogP contribution in [0.2, 0.25) is 0 Å². The number of aryl methyl sites for hydroxylation is 2. The monoisotopic (exact) mass is 281 g/mol. The van der Waals surface area contributed by atoms with Crippen molar-refractivity contribution in [1.82, 2.24) is 4.57 Å². The maximum atomic E-state index is 11.6. The van der Waals surface area contributed by atoms with Crippen LogP contribution in [-0.4, -0.2) is 17.6 Å². The van der Waals surface area contributed by atoms with Gasteiger partial charge in [0, 0.05) is 23.1 Å². The van der Waals surface area contributed by atoms with Gasteiger partial charge in [0.2, 0.25) is 0 Å². The van der Waals surface area contributed by atoms with Gasteiger partial charge in [-0.1, -0.05) is 6.07 Å². The molecule has 0 saturated carbocycles. The first-order chi connectivity index (χ1) is 7.56. The lowest BCUT2D eigenvalue weighted by Gasteiger charge is -2.06. The molecule has 0 atom stereocenters. The van der Waals surface area contributed by atoms with E-state index in [4.69, 9.17) is 4.74 Å². The second kappa shape index (κ2) is 3.94. The highest BCUT2D eigenvalue weighted by molar-refractivity contribution is 9.10. The van der Waals surface area contributed by atoms with Gasteiger partial charge in [-0.15, -0.1) is 0 Å². The van der Waals surface area contributed by atoms with Crippen LogP contribution in [0.3, 0.4) is 0 Å². The summed E-state index contributed by atoms with van der Waals surface area (Å²) in [5.41, 5.74) is 2.61. The molecule has 0 aliphatic heterocycles. The molecular weight excluding hydrogens is 270 g/mol. The average molecular weight is 282 g/mol. The maximum absolute atomic E-state index is 11.6. The molecule has 0 aliphatic carbocycles. The third-order valence-corrected chi connectivity index (χ3v) is 3.39. The quantitative estimate of drug-likeness (QED) is 0.753. The van der Waals surface area contributed by atoms with Crippen molar-refractivity contribution in [2.75, 3.05) is 7.11 Å². The van der Waals surface area contributed by atoms with E-state index in [1.54, 1.807) is 6.07 Å². The number of benzene rings is 1. The third kappa shape index (κ3) is 1.53. The van der Waals surface area contributed by atoms with Crippen LogP contribution in [0.15, 0.2) is 22.8 Å². The van der Waals surface area contributed by atoms with E-state index in [1.165, 1.54) is 7.11 Å². The zero-order valence-corrected chi connectivity index (χ0v) is 11.0. The van der Waals surface area contributed by atoms with Crippen LogP contribution in [0.4, 0.5) is 0 Å². The summed E-state index contributed by atoms with van der Waals surface area (Å²) < 4.78 is 7.79. The van der Waals surface area contributed by atoms with Gasteiger partial charge in [0.05, 0.1) is 18.2 Å². The highest BCUT2D eigenvalue weighted by Gasteiger charge is 2.14. The van der Waals surface area contributed by atoms with Crippen molar-refractivity contribution in [1.29, 1.82) is 0 Å². The summed E-state index contributed by atoms with van der Waals surface area (Å²) in [7, 11) is 3.36. The summed E-state index contributed by atoms with van der Waals surface area (Å²) >= 11 is 3.49. The van der Waals surface area contributed by atoms with Crippen LogP contribution in [-0.2, 0) is 11.8 Å². The Morgan fingerprint density at radius 1 is 1.44 bits per heavy atom. The summed E-state index contributed by atoms with van der Waals surface area (Å²) in [5.74, 6) is -0.295. The van der Waals surface area contributed by atoms with E-state index in [0.717, 1.165) is 20.9 Å². The molecule has 0 amide bonds. The number of halogens is 1. The van der Waals surface area contributed by atoms with E-state index < -0.39 is 0 Å². The van der Waals surface area contributed by atoms with Gasteiger partial charge in [-0.25, -0.2) is 4.79 Å². The fourth-order valence-corrected chi connectivity index (χ4v) is 2.61. The number of ether oxygens (including phenoxy) is 1. The molecular formula is C12H12BrNO2. The zero-order valence-electron chi connectivity index (χ0n) is 9.37. The lowest BCUT2D eigenvalue weighted by Crippen LogP contribution is -2.04. The maximum Gasteiger partial charge on any atom is 0.338 e. The molecule has 0 radical (unpaired) electrons. The Hall–Kier alpha value is -1.29. The number of rotatable bonds is 1. The molecule has 1 heterocycles. The van der Waals surface area contributed by atoms with Gasteiger partial charge in [0.1, 0.15) is 0 Å². The molecule has 1 aromatic carbocycles. The molecule has 2 aromatic rings. The van der Waals surface area contributed by atoms with E-state index in [9.17, 15) is 4.79 Å². The number of esters is 1. The Balaban J connectivity index is 2.79. The largest absolute Gasteiger partial charge is 0.465 e. The van der Waals surface area contributed by atoms with Crippen LogP contribution in [0.25, 0.3) is 10.9 Å². The molecule has 0 spiro atoms. The molecule has 0 unspecified atom stereocenters. The van der Waals surface area contributed by atoms with E-state index >= 15 is 0 Å². The first kappa shape index (κ1) is 11.2. The number of nitrogens with zero attached hydrogens (tertiary/aromatic N) is 1. The minimum absolute atomic E-state index is 0.295. The van der Waals surface area contributed by atoms with E-state index in [-0.39, 0.29) is 5.97 Å². The van der Waals surface area contributed by atoms with Crippen LogP contribution in [0.1, 0.15) is 15.9 Å². The number of carbonyl (C=O) groups excluding carboxylic acids is 1. The van der Waals surface area contributed by atoms with Crippen molar-refractivity contribution in [3.05, 3.63) is 33.9 Å². The minimum Gasteiger partial charge on any atom is -0.465 e. The number of methoxy groups -OCH3 is 1. The van der Waals surface area contributed by atoms with Crippen LogP contribution < -0.4 is 0 Å². The SMILES string of the molecule is COC(=O)c1ccc2c(Br)cn(C)c2c1C. The molecule has 0 bridgehead atoms. The molecule has 0 aliphatic rings. The highest BCUT2D eigenvalue weighted by Crippen LogP contribution is 2.29. The van der Waals surface area contributed by atoms with Gasteiger partial charge in [0.25, 0.3) is 0 Å². The third-order valence-electron chi connectivity index (χ3n) is 2.75. The van der Waals surface area contributed by atoms with Crippen LogP contribution >= 0.6 is 15.9 Å². The van der Waals surface area contributed by atoms with E-state index in [1.807, 2.05) is 30.8 Å². The second-order valence-electron chi connectivity index (χ2n) is 3.71. The molecule has 0 N–H and O–H groups in total. The van der Waals surface area contributed by atoms with Gasteiger partial charge >= 0.3 is 5.97 Å². The number of carbonyl (C=O) groups is 1. The van der Waals surface area contributed by atoms with Gasteiger partial charge < -0.3 is 9.30 Å². The Morgan fingerprint density at radius 3 is 2.75 bits per heavy atom. The fraction of sp³-hybridized carbons (Fsp3) is 0.250. The van der Waals surface area contributed by atoms with Gasteiger partial charge in [-0.05, 0) is 34.5 Å². The smallest absolute Gasteiger partial charge is 0.338 e. The normalized spacial score (nSPS) is 10.8. The molecule has 3 nitrogen and oxygen atoms in total. The van der Waals surface area contributed by atoms with Crippen molar-refractivity contribution in [3.8, 4) is 0 Å². The molecule has 4 heteroatoms. The summed E-state index contributed by atoms with van der Waals surface area (Å²) in [6, 6.07) is 3.73. The minimum atomic E-state index is -0.295. The molecule has 2 rings (SSSR count). The van der Waals surface area contributed by atoms with Crippen LogP contribution in [0.5, 0.6) is 0 Å². The van der Waals surface area contributed by atoms with Crippen molar-refractivity contribution in [2.24, 2.45) is 7.05 Å². The Bertz CT molecular complexity index is 572. The topological polar surface area (TPSA) is 31.2 Å². The van der Waals surface area contributed by atoms with Crippen molar-refractivity contribution < 1.29 is 9.53 Å². The first-order valence-corrected chi connectivity index (χ1v) is 5.68. The Kier molecular flexibility index (Phi) is 2.76. The second-order valence-corrected chi connectivity index (χ2v) is 4.57. The molecule has 0 saturated heterocycles. The summed E-state index contributed by atoms with van der Waals surface area (Å²) in [6.07, 6.45) is 1.98. The predicted octanol–water partition coefficient (Wildman–Crippen LogP) is 3.04. The van der Waals surface area contributed by atoms with E-state index in [2.05, 4.69) is 15.9 Å². The first-order valence-electron chi connectivity index (χ1n) is 4.88. The number of hydrogen-bond acceptors (Lipinski definition) is 2.